The van der Waals surface area contributed by atoms with E-state index in [1.165, 1.54) is 0 Å². The van der Waals surface area contributed by atoms with Crippen molar-refractivity contribution < 1.29 is 4.79 Å². The number of nitrogens with zero attached hydrogens (tertiary/aromatic N) is 3. The van der Waals surface area contributed by atoms with E-state index in [2.05, 4.69) is 39.0 Å². The molecule has 2 aromatic rings. The Kier molecular flexibility index (Phi) is 11.4. The molecule has 160 valence electrons. The first-order valence-corrected chi connectivity index (χ1v) is 9.85. The van der Waals surface area contributed by atoms with Gasteiger partial charge in [0.25, 0.3) is 5.91 Å². The average molecular weight is 553 g/mol. The number of aryl methyl sites for hydroxylation is 3. The minimum Gasteiger partial charge on any atom is -0.356 e. The highest BCUT2D eigenvalue weighted by Crippen LogP contribution is 2.22. The molecule has 0 aliphatic heterocycles. The standard InChI is InChI=1S/C19H26Cl2N6O.HI/c1-13-11-14(2)27(26-13)10-4-7-24-19(22-3)25-9-8-23-18(28)15-5-6-16(20)17(21)12-15;/h5-6,11-12H,4,7-10H2,1-3H3,(H,23,28)(H2,22,24,25);1H. The quantitative estimate of drug-likeness (QED) is 0.203. The van der Waals surface area contributed by atoms with Crippen LogP contribution in [-0.4, -0.2) is 48.3 Å². The summed E-state index contributed by atoms with van der Waals surface area (Å²) >= 11 is 11.8. The second kappa shape index (κ2) is 12.9. The van der Waals surface area contributed by atoms with Crippen molar-refractivity contribution in [2.75, 3.05) is 26.7 Å². The number of guanidine groups is 1. The zero-order valence-corrected chi connectivity index (χ0v) is 20.6. The SMILES string of the molecule is CN=C(NCCCn1nc(C)cc1C)NCCNC(=O)c1ccc(Cl)c(Cl)c1.I. The number of benzene rings is 1. The van der Waals surface area contributed by atoms with Crippen LogP contribution in [0.4, 0.5) is 0 Å². The largest absolute Gasteiger partial charge is 0.356 e. The van der Waals surface area contributed by atoms with Crippen LogP contribution in [0.5, 0.6) is 0 Å². The molecule has 1 aromatic heterocycles. The molecule has 0 saturated carbocycles. The van der Waals surface area contributed by atoms with E-state index in [9.17, 15) is 4.79 Å². The van der Waals surface area contributed by atoms with Gasteiger partial charge in [-0.05, 0) is 44.5 Å². The Bertz CT molecular complexity index is 840. The van der Waals surface area contributed by atoms with Crippen LogP contribution >= 0.6 is 47.2 Å². The number of amides is 1. The van der Waals surface area contributed by atoms with E-state index >= 15 is 0 Å². The van der Waals surface area contributed by atoms with Crippen LogP contribution in [-0.2, 0) is 6.54 Å². The number of carbonyl (C=O) groups is 1. The monoisotopic (exact) mass is 552 g/mol. The lowest BCUT2D eigenvalue weighted by molar-refractivity contribution is 0.0954. The summed E-state index contributed by atoms with van der Waals surface area (Å²) in [4.78, 5) is 16.3. The highest BCUT2D eigenvalue weighted by atomic mass is 127. The predicted molar refractivity (Wildman–Crippen MR) is 130 cm³/mol. The molecule has 0 atom stereocenters. The topological polar surface area (TPSA) is 83.3 Å². The number of halogens is 3. The Morgan fingerprint density at radius 2 is 1.76 bits per heavy atom. The fourth-order valence-electron chi connectivity index (χ4n) is 2.65. The van der Waals surface area contributed by atoms with Crippen LogP contribution < -0.4 is 16.0 Å². The van der Waals surface area contributed by atoms with E-state index in [0.29, 0.717) is 34.7 Å². The maximum atomic E-state index is 12.1. The van der Waals surface area contributed by atoms with Gasteiger partial charge >= 0.3 is 0 Å². The number of carbonyl (C=O) groups excluding carboxylic acids is 1. The van der Waals surface area contributed by atoms with E-state index in [0.717, 1.165) is 30.9 Å². The first-order valence-electron chi connectivity index (χ1n) is 9.09. The van der Waals surface area contributed by atoms with Gasteiger partial charge in [-0.3, -0.25) is 14.5 Å². The lowest BCUT2D eigenvalue weighted by Gasteiger charge is -2.13. The minimum absolute atomic E-state index is 0. The number of aliphatic imine (C=N–C) groups is 1. The zero-order chi connectivity index (χ0) is 20.5. The van der Waals surface area contributed by atoms with Crippen LogP contribution in [0.2, 0.25) is 10.0 Å². The number of nitrogens with one attached hydrogen (secondary N) is 3. The number of hydrogen-bond acceptors (Lipinski definition) is 3. The summed E-state index contributed by atoms with van der Waals surface area (Å²) in [6.07, 6.45) is 0.927. The molecule has 29 heavy (non-hydrogen) atoms. The van der Waals surface area contributed by atoms with Crippen molar-refractivity contribution in [1.82, 2.24) is 25.7 Å². The van der Waals surface area contributed by atoms with E-state index in [-0.39, 0.29) is 29.9 Å². The number of rotatable bonds is 8. The van der Waals surface area contributed by atoms with Crippen molar-refractivity contribution in [3.05, 3.63) is 51.3 Å². The van der Waals surface area contributed by atoms with E-state index in [1.807, 2.05) is 11.6 Å². The van der Waals surface area contributed by atoms with Crippen molar-refractivity contribution in [3.8, 4) is 0 Å². The molecule has 1 aromatic carbocycles. The van der Waals surface area contributed by atoms with Gasteiger partial charge < -0.3 is 16.0 Å². The normalized spacial score (nSPS) is 11.0. The predicted octanol–water partition coefficient (Wildman–Crippen LogP) is 3.41. The van der Waals surface area contributed by atoms with Gasteiger partial charge in [0.2, 0.25) is 0 Å². The molecule has 3 N–H and O–H groups in total. The lowest BCUT2D eigenvalue weighted by atomic mass is 10.2. The van der Waals surface area contributed by atoms with Crippen LogP contribution in [0.15, 0.2) is 29.3 Å². The maximum Gasteiger partial charge on any atom is 0.251 e. The molecule has 0 radical (unpaired) electrons. The third kappa shape index (κ3) is 8.39. The van der Waals surface area contributed by atoms with Crippen molar-refractivity contribution in [1.29, 1.82) is 0 Å². The summed E-state index contributed by atoms with van der Waals surface area (Å²) in [5.41, 5.74) is 2.67. The fraction of sp³-hybridized carbons (Fsp3) is 0.421. The second-order valence-corrected chi connectivity index (χ2v) is 7.13. The Balaban J connectivity index is 0.00000420. The van der Waals surface area contributed by atoms with Crippen LogP contribution in [0.1, 0.15) is 28.2 Å². The van der Waals surface area contributed by atoms with E-state index in [4.69, 9.17) is 23.2 Å². The molecule has 7 nitrogen and oxygen atoms in total. The Morgan fingerprint density at radius 1 is 1.07 bits per heavy atom. The molecule has 10 heteroatoms. The molecule has 1 amide bonds. The molecule has 0 unspecified atom stereocenters. The lowest BCUT2D eigenvalue weighted by Crippen LogP contribution is -2.42. The third-order valence-corrected chi connectivity index (χ3v) is 4.79. The molecule has 0 aliphatic rings. The molecule has 2 rings (SSSR count). The van der Waals surface area contributed by atoms with Crippen molar-refractivity contribution in [2.24, 2.45) is 4.99 Å². The smallest absolute Gasteiger partial charge is 0.251 e. The summed E-state index contributed by atoms with van der Waals surface area (Å²) in [6.45, 7) is 6.67. The minimum atomic E-state index is -0.201. The average Bonchev–Trinajstić information content (AvgIpc) is 2.99. The van der Waals surface area contributed by atoms with Crippen molar-refractivity contribution in [3.63, 3.8) is 0 Å². The molecule has 0 bridgehead atoms. The Morgan fingerprint density at radius 3 is 2.38 bits per heavy atom. The van der Waals surface area contributed by atoms with Crippen molar-refractivity contribution >= 4 is 59.0 Å². The summed E-state index contributed by atoms with van der Waals surface area (Å²) in [7, 11) is 1.71. The Hall–Kier alpha value is -1.52. The molecule has 1 heterocycles. The third-order valence-electron chi connectivity index (χ3n) is 4.05. The molecule has 0 spiro atoms. The molecule has 0 aliphatic carbocycles. The van der Waals surface area contributed by atoms with Gasteiger partial charge in [0, 0.05) is 44.5 Å². The maximum absolute atomic E-state index is 12.1. The van der Waals surface area contributed by atoms with Gasteiger partial charge in [-0.2, -0.15) is 5.10 Å². The summed E-state index contributed by atoms with van der Waals surface area (Å²) in [5, 5.41) is 14.5. The van der Waals surface area contributed by atoms with Gasteiger partial charge in [-0.25, -0.2) is 0 Å². The molecule has 0 fully saturated rings. The number of hydrogen-bond donors (Lipinski definition) is 3. The fourth-order valence-corrected chi connectivity index (χ4v) is 2.95. The van der Waals surface area contributed by atoms with Crippen LogP contribution in [0, 0.1) is 13.8 Å². The van der Waals surface area contributed by atoms with Crippen LogP contribution in [0.3, 0.4) is 0 Å². The zero-order valence-electron chi connectivity index (χ0n) is 16.8. The van der Waals surface area contributed by atoms with Crippen LogP contribution in [0.25, 0.3) is 0 Å². The molecular formula is C19H27Cl2IN6O. The highest BCUT2D eigenvalue weighted by molar-refractivity contribution is 14.0. The molecule has 0 saturated heterocycles. The summed E-state index contributed by atoms with van der Waals surface area (Å²) in [5.74, 6) is 0.491. The summed E-state index contributed by atoms with van der Waals surface area (Å²) in [6, 6.07) is 6.87. The summed E-state index contributed by atoms with van der Waals surface area (Å²) < 4.78 is 2.01. The van der Waals surface area contributed by atoms with E-state index in [1.54, 1.807) is 25.2 Å². The second-order valence-electron chi connectivity index (χ2n) is 6.31. The first-order chi connectivity index (χ1) is 13.4. The van der Waals surface area contributed by atoms with Gasteiger partial charge in [0.1, 0.15) is 0 Å². The van der Waals surface area contributed by atoms with E-state index < -0.39 is 0 Å². The Labute approximate surface area is 198 Å². The van der Waals surface area contributed by atoms with Gasteiger partial charge in [0.15, 0.2) is 5.96 Å². The van der Waals surface area contributed by atoms with Gasteiger partial charge in [0.05, 0.1) is 15.7 Å². The van der Waals surface area contributed by atoms with Gasteiger partial charge in [-0.15, -0.1) is 24.0 Å². The molecular weight excluding hydrogens is 526 g/mol. The highest BCUT2D eigenvalue weighted by Gasteiger charge is 2.07. The van der Waals surface area contributed by atoms with Crippen molar-refractivity contribution in [2.45, 2.75) is 26.8 Å². The number of aromatic nitrogens is 2. The first kappa shape index (κ1) is 25.5. The van der Waals surface area contributed by atoms with Gasteiger partial charge in [-0.1, -0.05) is 23.2 Å².